The van der Waals surface area contributed by atoms with Crippen molar-refractivity contribution < 1.29 is 14.3 Å². The molecule has 0 saturated heterocycles. The first-order valence-electron chi connectivity index (χ1n) is 6.55. The Labute approximate surface area is 118 Å². The van der Waals surface area contributed by atoms with Crippen molar-refractivity contribution in [2.75, 3.05) is 18.5 Å². The van der Waals surface area contributed by atoms with E-state index < -0.39 is 11.2 Å². The molecule has 0 aromatic heterocycles. The fourth-order valence-corrected chi connectivity index (χ4v) is 1.67. The highest BCUT2D eigenvalue weighted by Crippen LogP contribution is 2.23. The third kappa shape index (κ3) is 4.29. The molecule has 1 rings (SSSR count). The highest BCUT2D eigenvalue weighted by molar-refractivity contribution is 5.85. The van der Waals surface area contributed by atoms with Crippen LogP contribution in [0.3, 0.4) is 0 Å². The van der Waals surface area contributed by atoms with Gasteiger partial charge in [0.25, 0.3) is 0 Å². The minimum atomic E-state index is -0.425. The third-order valence-corrected chi connectivity index (χ3v) is 3.11. The quantitative estimate of drug-likeness (QED) is 0.311. The molecule has 6 heteroatoms. The average molecular weight is 283 g/mol. The molecule has 0 unspecified atom stereocenters. The molecule has 0 aliphatic carbocycles. The van der Waals surface area contributed by atoms with E-state index in [0.717, 1.165) is 0 Å². The highest BCUT2D eigenvalue weighted by atomic mass is 19.1. The summed E-state index contributed by atoms with van der Waals surface area (Å²) in [6, 6.07) is 4.74. The zero-order chi connectivity index (χ0) is 15.2. The van der Waals surface area contributed by atoms with E-state index in [1.54, 1.807) is 19.1 Å². The second kappa shape index (κ2) is 6.98. The summed E-state index contributed by atoms with van der Waals surface area (Å²) in [5, 5.41) is 14.8. The van der Waals surface area contributed by atoms with Gasteiger partial charge in [-0.3, -0.25) is 0 Å². The molecule has 4 N–H and O–H groups in total. The van der Waals surface area contributed by atoms with Crippen LogP contribution in [-0.2, 0) is 0 Å². The van der Waals surface area contributed by atoms with Crippen LogP contribution in [0.15, 0.2) is 23.4 Å². The second-order valence-corrected chi connectivity index (χ2v) is 5.12. The first-order chi connectivity index (χ1) is 9.40. The van der Waals surface area contributed by atoms with Crippen molar-refractivity contribution in [1.29, 1.82) is 0 Å². The third-order valence-electron chi connectivity index (χ3n) is 3.11. The summed E-state index contributed by atoms with van der Waals surface area (Å²) in [5.74, 6) is 0.0276. The number of rotatable bonds is 7. The van der Waals surface area contributed by atoms with E-state index in [9.17, 15) is 4.39 Å². The van der Waals surface area contributed by atoms with Crippen molar-refractivity contribution in [3.63, 3.8) is 0 Å². The number of benzene rings is 1. The lowest BCUT2D eigenvalue weighted by atomic mass is 9.88. The van der Waals surface area contributed by atoms with Crippen LogP contribution in [0.1, 0.15) is 27.2 Å². The molecule has 112 valence electrons. The first-order valence-corrected chi connectivity index (χ1v) is 6.55. The Morgan fingerprint density at radius 2 is 2.20 bits per heavy atom. The van der Waals surface area contributed by atoms with E-state index in [1.165, 1.54) is 6.07 Å². The number of amidine groups is 1. The summed E-state index contributed by atoms with van der Waals surface area (Å²) in [7, 11) is 0. The molecule has 0 radical (unpaired) electrons. The van der Waals surface area contributed by atoms with Gasteiger partial charge in [-0.2, -0.15) is 0 Å². The maximum Gasteiger partial charge on any atom is 0.167 e. The number of hydrogen-bond acceptors (Lipinski definition) is 4. The first kappa shape index (κ1) is 16.1. The van der Waals surface area contributed by atoms with E-state index in [4.69, 9.17) is 15.7 Å². The topological polar surface area (TPSA) is 79.9 Å². The van der Waals surface area contributed by atoms with E-state index in [1.807, 2.05) is 13.8 Å². The highest BCUT2D eigenvalue weighted by Gasteiger charge is 2.22. The van der Waals surface area contributed by atoms with Crippen LogP contribution in [0.2, 0.25) is 0 Å². The number of hydrogen-bond donors (Lipinski definition) is 3. The zero-order valence-corrected chi connectivity index (χ0v) is 12.1. The lowest BCUT2D eigenvalue weighted by Crippen LogP contribution is -2.33. The van der Waals surface area contributed by atoms with Crippen LogP contribution in [0.4, 0.5) is 10.1 Å². The SMILES string of the molecule is CCOc1ccc(NCCC(C)(C)/C(N)=N/O)cc1F. The number of oxime groups is 1. The zero-order valence-electron chi connectivity index (χ0n) is 12.1. The van der Waals surface area contributed by atoms with Crippen molar-refractivity contribution in [3.8, 4) is 5.75 Å². The Kier molecular flexibility index (Phi) is 5.61. The van der Waals surface area contributed by atoms with Gasteiger partial charge >= 0.3 is 0 Å². The van der Waals surface area contributed by atoms with E-state index in [0.29, 0.717) is 25.3 Å². The van der Waals surface area contributed by atoms with Crippen molar-refractivity contribution in [1.82, 2.24) is 0 Å². The Morgan fingerprint density at radius 1 is 1.50 bits per heavy atom. The summed E-state index contributed by atoms with van der Waals surface area (Å²) in [6.45, 7) is 6.57. The van der Waals surface area contributed by atoms with E-state index in [-0.39, 0.29) is 11.6 Å². The molecular weight excluding hydrogens is 261 g/mol. The minimum Gasteiger partial charge on any atom is -0.491 e. The molecule has 0 aliphatic rings. The summed E-state index contributed by atoms with van der Waals surface area (Å²) in [6.07, 6.45) is 0.651. The smallest absolute Gasteiger partial charge is 0.167 e. The minimum absolute atomic E-state index is 0.178. The van der Waals surface area contributed by atoms with Crippen molar-refractivity contribution in [2.45, 2.75) is 27.2 Å². The average Bonchev–Trinajstić information content (AvgIpc) is 2.40. The summed E-state index contributed by atoms with van der Waals surface area (Å²) >= 11 is 0. The molecule has 0 saturated carbocycles. The van der Waals surface area contributed by atoms with Crippen molar-refractivity contribution >= 4 is 11.5 Å². The number of anilines is 1. The van der Waals surface area contributed by atoms with E-state index >= 15 is 0 Å². The maximum absolute atomic E-state index is 13.6. The molecular formula is C14H22FN3O2. The molecule has 0 atom stereocenters. The standard InChI is InChI=1S/C14H22FN3O2/c1-4-20-12-6-5-10(9-11(12)15)17-8-7-14(2,3)13(16)18-19/h5-6,9,17,19H,4,7-8H2,1-3H3,(H2,16,18). The summed E-state index contributed by atoms with van der Waals surface area (Å²) in [4.78, 5) is 0. The Balaban J connectivity index is 2.57. The monoisotopic (exact) mass is 283 g/mol. The molecule has 5 nitrogen and oxygen atoms in total. The van der Waals surface area contributed by atoms with Crippen LogP contribution < -0.4 is 15.8 Å². The van der Waals surface area contributed by atoms with Gasteiger partial charge in [0.1, 0.15) is 5.84 Å². The Bertz CT molecular complexity index is 475. The normalized spacial score (nSPS) is 12.3. The van der Waals surface area contributed by atoms with Crippen LogP contribution in [0.5, 0.6) is 5.75 Å². The van der Waals surface area contributed by atoms with Crippen LogP contribution in [-0.4, -0.2) is 24.2 Å². The van der Waals surface area contributed by atoms with Crippen molar-refractivity contribution in [2.24, 2.45) is 16.3 Å². The molecule has 0 amide bonds. The van der Waals surface area contributed by atoms with Gasteiger partial charge < -0.3 is 21.0 Å². The summed E-state index contributed by atoms with van der Waals surface area (Å²) < 4.78 is 18.8. The molecule has 1 aromatic rings. The molecule has 0 heterocycles. The fourth-order valence-electron chi connectivity index (χ4n) is 1.67. The van der Waals surface area contributed by atoms with Gasteiger partial charge in [-0.25, -0.2) is 4.39 Å². The maximum atomic E-state index is 13.6. The van der Waals surface area contributed by atoms with Gasteiger partial charge in [0.05, 0.1) is 6.61 Å². The number of nitrogens with zero attached hydrogens (tertiary/aromatic N) is 1. The lowest BCUT2D eigenvalue weighted by Gasteiger charge is -2.23. The summed E-state index contributed by atoms with van der Waals surface area (Å²) in [5.41, 5.74) is 5.85. The predicted molar refractivity (Wildman–Crippen MR) is 77.9 cm³/mol. The van der Waals surface area contributed by atoms with Crippen LogP contribution >= 0.6 is 0 Å². The molecule has 0 fully saturated rings. The molecule has 0 bridgehead atoms. The van der Waals surface area contributed by atoms with Crippen LogP contribution in [0, 0.1) is 11.2 Å². The van der Waals surface area contributed by atoms with Gasteiger partial charge in [0.2, 0.25) is 0 Å². The predicted octanol–water partition coefficient (Wildman–Crippen LogP) is 2.80. The molecule has 0 spiro atoms. The van der Waals surface area contributed by atoms with Gasteiger partial charge in [-0.15, -0.1) is 0 Å². The number of nitrogens with one attached hydrogen (secondary N) is 1. The fraction of sp³-hybridized carbons (Fsp3) is 0.500. The van der Waals surface area contributed by atoms with Crippen molar-refractivity contribution in [3.05, 3.63) is 24.0 Å². The number of nitrogens with two attached hydrogens (primary N) is 1. The number of halogens is 1. The molecule has 0 aliphatic heterocycles. The van der Waals surface area contributed by atoms with Gasteiger partial charge in [-0.1, -0.05) is 19.0 Å². The van der Waals surface area contributed by atoms with Gasteiger partial charge in [0, 0.05) is 23.7 Å². The molecule has 1 aromatic carbocycles. The Morgan fingerprint density at radius 3 is 2.75 bits per heavy atom. The van der Waals surface area contributed by atoms with Gasteiger partial charge in [0.15, 0.2) is 11.6 Å². The number of ether oxygens (including phenoxy) is 1. The molecule has 20 heavy (non-hydrogen) atoms. The van der Waals surface area contributed by atoms with Gasteiger partial charge in [-0.05, 0) is 25.5 Å². The van der Waals surface area contributed by atoms with E-state index in [2.05, 4.69) is 10.5 Å². The largest absolute Gasteiger partial charge is 0.491 e. The second-order valence-electron chi connectivity index (χ2n) is 5.12. The lowest BCUT2D eigenvalue weighted by molar-refractivity contribution is 0.306. The van der Waals surface area contributed by atoms with Crippen LogP contribution in [0.25, 0.3) is 0 Å². The Hall–Kier alpha value is -1.98.